The van der Waals surface area contributed by atoms with Gasteiger partial charge in [-0.05, 0) is 33.4 Å². The molecular formula is C39H27CrO6. The third-order valence-electron chi connectivity index (χ3n) is 6.70. The Morgan fingerprint density at radius 2 is 0.500 bits per heavy atom. The van der Waals surface area contributed by atoms with E-state index in [1.165, 1.54) is 0 Å². The molecule has 225 valence electrons. The van der Waals surface area contributed by atoms with Gasteiger partial charge in [-0.3, -0.25) is 0 Å². The van der Waals surface area contributed by atoms with Crippen LogP contribution in [0, 0.1) is 0 Å². The summed E-state index contributed by atoms with van der Waals surface area (Å²) in [6.45, 7) is 0. The Kier molecular flexibility index (Phi) is 13.2. The molecule has 0 aliphatic rings. The zero-order valence-corrected chi connectivity index (χ0v) is 25.7. The van der Waals surface area contributed by atoms with Gasteiger partial charge in [0.25, 0.3) is 0 Å². The summed E-state index contributed by atoms with van der Waals surface area (Å²) in [5.41, 5.74) is 5.41. The fourth-order valence-corrected chi connectivity index (χ4v) is 4.59. The molecule has 6 rings (SSSR count). The third-order valence-corrected chi connectivity index (χ3v) is 6.70. The number of benzene rings is 6. The molecule has 0 fully saturated rings. The van der Waals surface area contributed by atoms with Crippen LogP contribution in [0.3, 0.4) is 0 Å². The Labute approximate surface area is 278 Å². The number of aromatic carboxylic acids is 3. The van der Waals surface area contributed by atoms with Gasteiger partial charge in [-0.2, -0.15) is 0 Å². The first kappa shape index (κ1) is 34.7. The van der Waals surface area contributed by atoms with E-state index in [1.807, 2.05) is 109 Å². The van der Waals surface area contributed by atoms with Crippen LogP contribution in [0.5, 0.6) is 0 Å². The topological polar surface area (TPSA) is 120 Å². The van der Waals surface area contributed by atoms with Crippen molar-refractivity contribution < 1.29 is 47.1 Å². The van der Waals surface area contributed by atoms with E-state index in [4.69, 9.17) is 0 Å². The summed E-state index contributed by atoms with van der Waals surface area (Å²) in [6, 6.07) is 48.7. The number of carboxylic acids is 3. The minimum absolute atomic E-state index is 0. The number of carbonyl (C=O) groups excluding carboxylic acids is 3. The zero-order valence-electron chi connectivity index (χ0n) is 24.4. The molecule has 0 aromatic heterocycles. The molecule has 0 atom stereocenters. The smallest absolute Gasteiger partial charge is 0.545 e. The molecule has 6 aromatic carbocycles. The first-order valence-corrected chi connectivity index (χ1v) is 13.9. The van der Waals surface area contributed by atoms with Crippen molar-refractivity contribution in [1.29, 1.82) is 0 Å². The van der Waals surface area contributed by atoms with Gasteiger partial charge in [0.2, 0.25) is 0 Å². The van der Waals surface area contributed by atoms with Crippen LogP contribution in [-0.2, 0) is 17.4 Å². The van der Waals surface area contributed by atoms with Crippen molar-refractivity contribution in [3.63, 3.8) is 0 Å². The van der Waals surface area contributed by atoms with Crippen molar-refractivity contribution in [2.24, 2.45) is 0 Å². The first-order chi connectivity index (χ1) is 21.9. The third kappa shape index (κ3) is 9.38. The van der Waals surface area contributed by atoms with Crippen molar-refractivity contribution in [2.45, 2.75) is 0 Å². The molecule has 0 amide bonds. The van der Waals surface area contributed by atoms with Gasteiger partial charge in [-0.1, -0.05) is 164 Å². The van der Waals surface area contributed by atoms with Crippen LogP contribution in [0.2, 0.25) is 0 Å². The van der Waals surface area contributed by atoms with Gasteiger partial charge in [0.1, 0.15) is 0 Å². The van der Waals surface area contributed by atoms with E-state index in [-0.39, 0.29) is 34.1 Å². The van der Waals surface area contributed by atoms with E-state index < -0.39 is 17.9 Å². The van der Waals surface area contributed by atoms with Crippen molar-refractivity contribution in [2.75, 3.05) is 0 Å². The minimum atomic E-state index is -1.14. The molecule has 0 heterocycles. The molecule has 0 aliphatic carbocycles. The number of carboxylic acid groups (broad SMARTS) is 3. The second-order valence-electron chi connectivity index (χ2n) is 9.60. The summed E-state index contributed by atoms with van der Waals surface area (Å²) >= 11 is 0. The maximum atomic E-state index is 10.9. The van der Waals surface area contributed by atoms with Crippen molar-refractivity contribution in [3.05, 3.63) is 180 Å². The molecule has 0 aliphatic heterocycles. The normalized spacial score (nSPS) is 9.65. The predicted molar refractivity (Wildman–Crippen MR) is 169 cm³/mol. The Bertz CT molecular complexity index is 1650. The Morgan fingerprint density at radius 1 is 0.304 bits per heavy atom. The standard InChI is InChI=1S/3C13H10O2.Cr/c3*14-13(15)12-9-5-4-8-11(12)10-6-2-1-3-7-10;/h3*1-9H,(H,14,15);/q;;;+3/p-3. The average Bonchev–Trinajstić information content (AvgIpc) is 3.10. The summed E-state index contributed by atoms with van der Waals surface area (Å²) in [5, 5.41) is 32.7. The largest absolute Gasteiger partial charge is 3.00 e. The Hall–Kier alpha value is -5.74. The van der Waals surface area contributed by atoms with Gasteiger partial charge in [-0.25, -0.2) is 0 Å². The van der Waals surface area contributed by atoms with E-state index >= 15 is 0 Å². The molecule has 0 unspecified atom stereocenters. The van der Waals surface area contributed by atoms with Crippen LogP contribution in [0.1, 0.15) is 31.1 Å². The Balaban J connectivity index is 0.000000186. The molecule has 0 saturated carbocycles. The second-order valence-corrected chi connectivity index (χ2v) is 9.60. The molecule has 46 heavy (non-hydrogen) atoms. The van der Waals surface area contributed by atoms with Crippen LogP contribution in [0.25, 0.3) is 33.4 Å². The van der Waals surface area contributed by atoms with Crippen LogP contribution in [0.4, 0.5) is 0 Å². The van der Waals surface area contributed by atoms with Crippen molar-refractivity contribution in [3.8, 4) is 33.4 Å². The maximum absolute atomic E-state index is 10.9. The van der Waals surface area contributed by atoms with E-state index in [1.54, 1.807) is 54.6 Å². The van der Waals surface area contributed by atoms with Gasteiger partial charge < -0.3 is 29.7 Å². The van der Waals surface area contributed by atoms with Crippen LogP contribution < -0.4 is 15.3 Å². The molecule has 6 aromatic rings. The van der Waals surface area contributed by atoms with Crippen LogP contribution in [0.15, 0.2) is 164 Å². The van der Waals surface area contributed by atoms with Gasteiger partial charge in [-0.15, -0.1) is 0 Å². The molecule has 0 spiro atoms. The average molecular weight is 644 g/mol. The van der Waals surface area contributed by atoms with E-state index in [0.717, 1.165) is 16.7 Å². The summed E-state index contributed by atoms with van der Waals surface area (Å²) in [5.74, 6) is -3.43. The van der Waals surface area contributed by atoms with E-state index in [0.29, 0.717) is 16.7 Å². The fraction of sp³-hybridized carbons (Fsp3) is 0. The molecule has 6 nitrogen and oxygen atoms in total. The number of rotatable bonds is 6. The quantitative estimate of drug-likeness (QED) is 0.248. The summed E-state index contributed by atoms with van der Waals surface area (Å²) < 4.78 is 0. The number of hydrogen-bond acceptors (Lipinski definition) is 6. The van der Waals surface area contributed by atoms with Gasteiger partial charge in [0.15, 0.2) is 0 Å². The van der Waals surface area contributed by atoms with Gasteiger partial charge >= 0.3 is 17.4 Å². The SMILES string of the molecule is O=C([O-])c1ccccc1-c1ccccc1.O=C([O-])c1ccccc1-c1ccccc1.O=C([O-])c1ccccc1-c1ccccc1.[Cr+3]. The number of carbonyl (C=O) groups is 3. The molecule has 0 N–H and O–H groups in total. The predicted octanol–water partition coefficient (Wildman–Crippen LogP) is 5.15. The summed E-state index contributed by atoms with van der Waals surface area (Å²) in [4.78, 5) is 32.7. The number of hydrogen-bond donors (Lipinski definition) is 0. The van der Waals surface area contributed by atoms with Crippen molar-refractivity contribution >= 4 is 17.9 Å². The molecule has 0 saturated heterocycles. The van der Waals surface area contributed by atoms with Gasteiger partial charge in [0, 0.05) is 16.7 Å². The molecule has 7 heteroatoms. The second kappa shape index (κ2) is 17.5. The van der Waals surface area contributed by atoms with E-state index in [2.05, 4.69) is 0 Å². The Morgan fingerprint density at radius 3 is 0.717 bits per heavy atom. The van der Waals surface area contributed by atoms with Crippen molar-refractivity contribution in [1.82, 2.24) is 0 Å². The molecular weight excluding hydrogens is 616 g/mol. The van der Waals surface area contributed by atoms with Gasteiger partial charge in [0.05, 0.1) is 17.9 Å². The van der Waals surface area contributed by atoms with E-state index in [9.17, 15) is 29.7 Å². The van der Waals surface area contributed by atoms with Crippen LogP contribution in [-0.4, -0.2) is 17.9 Å². The fourth-order valence-electron chi connectivity index (χ4n) is 4.59. The summed E-state index contributed by atoms with van der Waals surface area (Å²) in [6.07, 6.45) is 0. The summed E-state index contributed by atoms with van der Waals surface area (Å²) in [7, 11) is 0. The van der Waals surface area contributed by atoms with Crippen LogP contribution >= 0.6 is 0 Å². The monoisotopic (exact) mass is 643 g/mol. The zero-order chi connectivity index (χ0) is 32.0. The first-order valence-electron chi connectivity index (χ1n) is 13.9. The molecule has 0 bridgehead atoms. The minimum Gasteiger partial charge on any atom is -0.545 e. The molecule has 1 radical (unpaired) electrons. The maximum Gasteiger partial charge on any atom is 3.00 e.